The molecule has 3 rings (SSSR count). The van der Waals surface area contributed by atoms with Gasteiger partial charge >= 0.3 is 0 Å². The maximum absolute atomic E-state index is 12.4. The minimum atomic E-state index is -0.982. The van der Waals surface area contributed by atoms with E-state index in [0.717, 1.165) is 24.8 Å². The van der Waals surface area contributed by atoms with Crippen LogP contribution in [0.5, 0.6) is 0 Å². The summed E-state index contributed by atoms with van der Waals surface area (Å²) in [5.41, 5.74) is 0.528. The van der Waals surface area contributed by atoms with E-state index in [-0.39, 0.29) is 11.9 Å². The molecule has 2 atom stereocenters. The van der Waals surface area contributed by atoms with E-state index < -0.39 is 5.60 Å². The van der Waals surface area contributed by atoms with Crippen molar-refractivity contribution in [1.29, 1.82) is 0 Å². The first-order chi connectivity index (χ1) is 10.7. The normalized spacial score (nSPS) is 24.7. The second-order valence-corrected chi connectivity index (χ2v) is 5.93. The maximum atomic E-state index is 12.4. The molecule has 0 saturated heterocycles. The third kappa shape index (κ3) is 2.90. The Balaban J connectivity index is 1.83. The first kappa shape index (κ1) is 14.8. The standard InChI is InChI=1S/C19H21NO2/c21-18(15-9-3-1-4-10-15)20-17-13-7-8-14-19(17,22)16-11-5-2-6-12-16/h1-6,9-12,17,22H,7-8,13-14H2,(H,20,21)/t17-,19-/m0/s1. The van der Waals surface area contributed by atoms with Crippen molar-refractivity contribution in [2.24, 2.45) is 0 Å². The highest BCUT2D eigenvalue weighted by molar-refractivity contribution is 5.94. The van der Waals surface area contributed by atoms with Crippen LogP contribution in [-0.4, -0.2) is 17.1 Å². The van der Waals surface area contributed by atoms with Gasteiger partial charge in [0.05, 0.1) is 6.04 Å². The fourth-order valence-corrected chi connectivity index (χ4v) is 3.25. The van der Waals surface area contributed by atoms with Crippen LogP contribution in [-0.2, 0) is 5.60 Å². The molecule has 0 bridgehead atoms. The van der Waals surface area contributed by atoms with Crippen molar-refractivity contribution in [2.75, 3.05) is 0 Å². The predicted octanol–water partition coefficient (Wildman–Crippen LogP) is 3.25. The van der Waals surface area contributed by atoms with Crippen LogP contribution in [0, 0.1) is 0 Å². The number of nitrogens with one attached hydrogen (secondary N) is 1. The highest BCUT2D eigenvalue weighted by Crippen LogP contribution is 2.37. The first-order valence-electron chi connectivity index (χ1n) is 7.84. The second kappa shape index (κ2) is 6.32. The van der Waals surface area contributed by atoms with Crippen molar-refractivity contribution in [2.45, 2.75) is 37.3 Å². The number of rotatable bonds is 3. The lowest BCUT2D eigenvalue weighted by Gasteiger charge is -2.40. The molecule has 1 aliphatic rings. The molecule has 0 spiro atoms. The van der Waals surface area contributed by atoms with E-state index in [1.807, 2.05) is 48.5 Å². The average Bonchev–Trinajstić information content (AvgIpc) is 2.58. The topological polar surface area (TPSA) is 49.3 Å². The predicted molar refractivity (Wildman–Crippen MR) is 86.5 cm³/mol. The van der Waals surface area contributed by atoms with Crippen molar-refractivity contribution in [3.63, 3.8) is 0 Å². The Kier molecular flexibility index (Phi) is 4.25. The summed E-state index contributed by atoms with van der Waals surface area (Å²) in [6.45, 7) is 0. The molecule has 1 aliphatic carbocycles. The van der Waals surface area contributed by atoms with E-state index in [1.54, 1.807) is 12.1 Å². The quantitative estimate of drug-likeness (QED) is 0.913. The summed E-state index contributed by atoms with van der Waals surface area (Å²) in [6, 6.07) is 18.6. The van der Waals surface area contributed by atoms with Gasteiger partial charge in [-0.1, -0.05) is 61.4 Å². The molecule has 1 fully saturated rings. The third-order valence-corrected chi connectivity index (χ3v) is 4.49. The molecule has 2 aromatic rings. The number of carbonyl (C=O) groups is 1. The molecule has 3 heteroatoms. The van der Waals surface area contributed by atoms with Gasteiger partial charge in [0.15, 0.2) is 0 Å². The van der Waals surface area contributed by atoms with E-state index in [9.17, 15) is 9.90 Å². The highest BCUT2D eigenvalue weighted by Gasteiger charge is 2.41. The summed E-state index contributed by atoms with van der Waals surface area (Å²) in [6.07, 6.45) is 3.47. The fraction of sp³-hybridized carbons (Fsp3) is 0.316. The Morgan fingerprint density at radius 2 is 1.64 bits per heavy atom. The van der Waals surface area contributed by atoms with E-state index in [2.05, 4.69) is 5.32 Å². The summed E-state index contributed by atoms with van der Waals surface area (Å²) in [7, 11) is 0. The van der Waals surface area contributed by atoms with Gasteiger partial charge in [0.2, 0.25) is 0 Å². The number of aliphatic hydroxyl groups is 1. The summed E-state index contributed by atoms with van der Waals surface area (Å²) in [4.78, 5) is 12.4. The van der Waals surface area contributed by atoms with Crippen LogP contribution in [0.1, 0.15) is 41.6 Å². The van der Waals surface area contributed by atoms with Crippen molar-refractivity contribution < 1.29 is 9.90 Å². The smallest absolute Gasteiger partial charge is 0.251 e. The van der Waals surface area contributed by atoms with Crippen molar-refractivity contribution in [1.82, 2.24) is 5.32 Å². The molecule has 0 aromatic heterocycles. The van der Waals surface area contributed by atoms with Gasteiger partial charge in [0, 0.05) is 5.56 Å². The number of amides is 1. The summed E-state index contributed by atoms with van der Waals surface area (Å²) in [5.74, 6) is -0.123. The zero-order valence-corrected chi connectivity index (χ0v) is 12.5. The molecule has 0 unspecified atom stereocenters. The molecule has 0 radical (unpaired) electrons. The lowest BCUT2D eigenvalue weighted by atomic mass is 9.75. The molecule has 114 valence electrons. The van der Waals surface area contributed by atoms with Crippen molar-refractivity contribution in [3.05, 3.63) is 71.8 Å². The molecular formula is C19H21NO2. The van der Waals surface area contributed by atoms with Gasteiger partial charge in [-0.05, 0) is 30.5 Å². The number of carbonyl (C=O) groups excluding carboxylic acids is 1. The molecule has 2 aromatic carbocycles. The maximum Gasteiger partial charge on any atom is 0.251 e. The van der Waals surface area contributed by atoms with Gasteiger partial charge in [-0.2, -0.15) is 0 Å². The van der Waals surface area contributed by atoms with Gasteiger partial charge in [-0.15, -0.1) is 0 Å². The molecule has 1 saturated carbocycles. The molecule has 3 nitrogen and oxygen atoms in total. The van der Waals surface area contributed by atoms with E-state index >= 15 is 0 Å². The number of hydrogen-bond donors (Lipinski definition) is 2. The van der Waals surface area contributed by atoms with Crippen LogP contribution in [0.3, 0.4) is 0 Å². The summed E-state index contributed by atoms with van der Waals surface area (Å²) in [5, 5.41) is 14.2. The van der Waals surface area contributed by atoms with Gasteiger partial charge < -0.3 is 10.4 Å². The fourth-order valence-electron chi connectivity index (χ4n) is 3.25. The number of hydrogen-bond acceptors (Lipinski definition) is 2. The van der Waals surface area contributed by atoms with Gasteiger partial charge in [0.1, 0.15) is 5.60 Å². The number of benzene rings is 2. The van der Waals surface area contributed by atoms with Crippen LogP contribution < -0.4 is 5.32 Å². The Bertz CT molecular complexity index is 626. The zero-order chi connectivity index (χ0) is 15.4. The van der Waals surface area contributed by atoms with Gasteiger partial charge in [-0.3, -0.25) is 4.79 Å². The SMILES string of the molecule is O=C(N[C@H]1CCCC[C@]1(O)c1ccccc1)c1ccccc1. The third-order valence-electron chi connectivity index (χ3n) is 4.49. The van der Waals surface area contributed by atoms with E-state index in [4.69, 9.17) is 0 Å². The van der Waals surface area contributed by atoms with Gasteiger partial charge in [0.25, 0.3) is 5.91 Å². The Morgan fingerprint density at radius 3 is 2.32 bits per heavy atom. The molecule has 1 amide bonds. The summed E-state index contributed by atoms with van der Waals surface area (Å²) >= 11 is 0. The minimum Gasteiger partial charge on any atom is -0.383 e. The van der Waals surface area contributed by atoms with Crippen molar-refractivity contribution >= 4 is 5.91 Å². The molecule has 22 heavy (non-hydrogen) atoms. The van der Waals surface area contributed by atoms with E-state index in [0.29, 0.717) is 12.0 Å². The van der Waals surface area contributed by atoms with Crippen LogP contribution in [0.4, 0.5) is 0 Å². The van der Waals surface area contributed by atoms with Crippen molar-refractivity contribution in [3.8, 4) is 0 Å². The molecular weight excluding hydrogens is 274 g/mol. The van der Waals surface area contributed by atoms with Crippen LogP contribution in [0.2, 0.25) is 0 Å². The molecule has 2 N–H and O–H groups in total. The van der Waals surface area contributed by atoms with Crippen LogP contribution >= 0.6 is 0 Å². The van der Waals surface area contributed by atoms with Crippen LogP contribution in [0.15, 0.2) is 60.7 Å². The lowest BCUT2D eigenvalue weighted by Crippen LogP contribution is -2.52. The first-order valence-corrected chi connectivity index (χ1v) is 7.84. The zero-order valence-electron chi connectivity index (χ0n) is 12.5. The Hall–Kier alpha value is -2.13. The van der Waals surface area contributed by atoms with E-state index in [1.165, 1.54) is 0 Å². The highest BCUT2D eigenvalue weighted by atomic mass is 16.3. The monoisotopic (exact) mass is 295 g/mol. The summed E-state index contributed by atoms with van der Waals surface area (Å²) < 4.78 is 0. The average molecular weight is 295 g/mol. The molecule has 0 heterocycles. The Labute approximate surface area is 131 Å². The Morgan fingerprint density at radius 1 is 1.00 bits per heavy atom. The minimum absolute atomic E-state index is 0.123. The molecule has 0 aliphatic heterocycles. The van der Waals surface area contributed by atoms with Crippen LogP contribution in [0.25, 0.3) is 0 Å². The lowest BCUT2D eigenvalue weighted by molar-refractivity contribution is -0.0302. The largest absolute Gasteiger partial charge is 0.383 e. The van der Waals surface area contributed by atoms with Gasteiger partial charge in [-0.25, -0.2) is 0 Å². The second-order valence-electron chi connectivity index (χ2n) is 5.93.